The van der Waals surface area contributed by atoms with Gasteiger partial charge in [-0.2, -0.15) is 0 Å². The van der Waals surface area contributed by atoms with Gasteiger partial charge >= 0.3 is 0 Å². The summed E-state index contributed by atoms with van der Waals surface area (Å²) in [6.07, 6.45) is 4.20. The molecule has 1 aliphatic rings. The molecule has 0 aromatic rings. The van der Waals surface area contributed by atoms with E-state index in [9.17, 15) is 4.79 Å². The number of halogens is 1. The molecule has 1 amide bonds. The van der Waals surface area contributed by atoms with Crippen molar-refractivity contribution in [2.45, 2.75) is 39.5 Å². The van der Waals surface area contributed by atoms with E-state index < -0.39 is 0 Å². The number of carbonyl (C=O) groups is 1. The molecule has 114 valence electrons. The van der Waals surface area contributed by atoms with Gasteiger partial charge < -0.3 is 15.4 Å². The molecule has 1 rings (SSSR count). The van der Waals surface area contributed by atoms with E-state index in [0.717, 1.165) is 25.4 Å². The molecule has 0 unspecified atom stereocenters. The van der Waals surface area contributed by atoms with E-state index in [2.05, 4.69) is 0 Å². The highest BCUT2D eigenvalue weighted by Crippen LogP contribution is 2.29. The predicted molar refractivity (Wildman–Crippen MR) is 80.5 cm³/mol. The Morgan fingerprint density at radius 1 is 1.37 bits per heavy atom. The van der Waals surface area contributed by atoms with E-state index >= 15 is 0 Å². The van der Waals surface area contributed by atoms with E-state index in [1.54, 1.807) is 4.90 Å². The van der Waals surface area contributed by atoms with Crippen molar-refractivity contribution >= 4 is 18.3 Å². The zero-order valence-electron chi connectivity index (χ0n) is 12.5. The molecule has 0 bridgehead atoms. The monoisotopic (exact) mass is 292 g/mol. The zero-order valence-corrected chi connectivity index (χ0v) is 13.3. The number of amides is 1. The molecule has 0 aliphatic heterocycles. The summed E-state index contributed by atoms with van der Waals surface area (Å²) in [7, 11) is 1.85. The van der Waals surface area contributed by atoms with E-state index in [-0.39, 0.29) is 23.7 Å². The molecule has 0 radical (unpaired) electrons. The number of rotatable bonds is 9. The molecule has 0 atom stereocenters. The minimum atomic E-state index is -0.384. The third-order valence-corrected chi connectivity index (χ3v) is 4.17. The van der Waals surface area contributed by atoms with Crippen molar-refractivity contribution in [2.75, 3.05) is 33.4 Å². The number of carbonyl (C=O) groups excluding carboxylic acids is 1. The lowest BCUT2D eigenvalue weighted by Gasteiger charge is -2.33. The maximum absolute atomic E-state index is 12.4. The molecule has 1 aliphatic carbocycles. The Morgan fingerprint density at radius 2 is 1.95 bits per heavy atom. The number of likely N-dealkylation sites (N-methyl/N-ethyl adjacent to an activating group) is 1. The summed E-state index contributed by atoms with van der Waals surface area (Å²) in [4.78, 5) is 14.2. The number of hydrogen-bond donors (Lipinski definition) is 1. The summed E-state index contributed by atoms with van der Waals surface area (Å²) in [6.45, 7) is 6.63. The molecule has 1 saturated carbocycles. The van der Waals surface area contributed by atoms with Crippen LogP contribution in [0.4, 0.5) is 0 Å². The summed E-state index contributed by atoms with van der Waals surface area (Å²) in [5, 5.41) is 0. The smallest absolute Gasteiger partial charge is 0.229 e. The zero-order chi connectivity index (χ0) is 13.6. The van der Waals surface area contributed by atoms with Crippen LogP contribution in [0.2, 0.25) is 0 Å². The Hall–Kier alpha value is -0.320. The van der Waals surface area contributed by atoms with Gasteiger partial charge in [-0.1, -0.05) is 13.8 Å². The Kier molecular flexibility index (Phi) is 8.62. The average Bonchev–Trinajstić information content (AvgIpc) is 3.21. The van der Waals surface area contributed by atoms with Crippen LogP contribution in [-0.2, 0) is 9.53 Å². The SMILES string of the molecule is CCC(CC)(CN)C(=O)N(C)CCOCC1CC1.Cl. The topological polar surface area (TPSA) is 55.6 Å². The van der Waals surface area contributed by atoms with Gasteiger partial charge in [0, 0.05) is 26.7 Å². The molecule has 0 spiro atoms. The normalized spacial score (nSPS) is 14.9. The van der Waals surface area contributed by atoms with Crippen LogP contribution in [0.15, 0.2) is 0 Å². The van der Waals surface area contributed by atoms with Crippen molar-refractivity contribution in [1.29, 1.82) is 0 Å². The molecule has 2 N–H and O–H groups in total. The Labute approximate surface area is 123 Å². The van der Waals surface area contributed by atoms with Gasteiger partial charge in [0.15, 0.2) is 0 Å². The average molecular weight is 293 g/mol. The molecule has 0 aromatic carbocycles. The van der Waals surface area contributed by atoms with Crippen LogP contribution in [0, 0.1) is 11.3 Å². The van der Waals surface area contributed by atoms with Crippen molar-refractivity contribution in [3.05, 3.63) is 0 Å². The van der Waals surface area contributed by atoms with Gasteiger partial charge in [-0.3, -0.25) is 4.79 Å². The van der Waals surface area contributed by atoms with Gasteiger partial charge in [0.05, 0.1) is 12.0 Å². The summed E-state index contributed by atoms with van der Waals surface area (Å²) in [6, 6.07) is 0. The number of hydrogen-bond acceptors (Lipinski definition) is 3. The maximum Gasteiger partial charge on any atom is 0.229 e. The molecule has 0 saturated heterocycles. The lowest BCUT2D eigenvalue weighted by Crippen LogP contribution is -2.47. The second-order valence-electron chi connectivity index (χ2n) is 5.44. The Bertz CT molecular complexity index is 258. The predicted octanol–water partition coefficient (Wildman–Crippen LogP) is 2.06. The molecular weight excluding hydrogens is 264 g/mol. The second-order valence-corrected chi connectivity index (χ2v) is 5.44. The molecule has 19 heavy (non-hydrogen) atoms. The summed E-state index contributed by atoms with van der Waals surface area (Å²) >= 11 is 0. The highest BCUT2D eigenvalue weighted by Gasteiger charge is 2.35. The highest BCUT2D eigenvalue weighted by molar-refractivity contribution is 5.85. The third kappa shape index (κ3) is 5.28. The standard InChI is InChI=1S/C14H28N2O2.ClH/c1-4-14(5-2,11-15)13(17)16(3)8-9-18-10-12-6-7-12;/h12H,4-11,15H2,1-3H3;1H. The van der Waals surface area contributed by atoms with Crippen molar-refractivity contribution < 1.29 is 9.53 Å². The van der Waals surface area contributed by atoms with Gasteiger partial charge in [0.1, 0.15) is 0 Å². The van der Waals surface area contributed by atoms with E-state index in [1.165, 1.54) is 12.8 Å². The van der Waals surface area contributed by atoms with Crippen LogP contribution in [-0.4, -0.2) is 44.2 Å². The molecule has 5 heteroatoms. The van der Waals surface area contributed by atoms with Crippen molar-refractivity contribution in [3.63, 3.8) is 0 Å². The van der Waals surface area contributed by atoms with Crippen LogP contribution >= 0.6 is 12.4 Å². The second kappa shape index (κ2) is 8.77. The molecule has 0 aromatic heterocycles. The van der Waals surface area contributed by atoms with Crippen molar-refractivity contribution in [2.24, 2.45) is 17.1 Å². The Morgan fingerprint density at radius 3 is 2.37 bits per heavy atom. The fraction of sp³-hybridized carbons (Fsp3) is 0.929. The van der Waals surface area contributed by atoms with E-state index in [4.69, 9.17) is 10.5 Å². The Balaban J connectivity index is 0.00000324. The lowest BCUT2D eigenvalue weighted by atomic mass is 9.81. The first-order valence-electron chi connectivity index (χ1n) is 7.13. The van der Waals surface area contributed by atoms with Crippen molar-refractivity contribution in [3.8, 4) is 0 Å². The quantitative estimate of drug-likeness (QED) is 0.662. The van der Waals surface area contributed by atoms with E-state index in [1.807, 2.05) is 20.9 Å². The fourth-order valence-corrected chi connectivity index (χ4v) is 2.17. The van der Waals surface area contributed by atoms with Crippen LogP contribution in [0.25, 0.3) is 0 Å². The number of nitrogens with zero attached hydrogens (tertiary/aromatic N) is 1. The molecule has 4 nitrogen and oxygen atoms in total. The van der Waals surface area contributed by atoms with Gasteiger partial charge in [0.2, 0.25) is 5.91 Å². The molecular formula is C14H29ClN2O2. The van der Waals surface area contributed by atoms with Crippen LogP contribution in [0.1, 0.15) is 39.5 Å². The minimum absolute atomic E-state index is 0. The molecule has 1 fully saturated rings. The largest absolute Gasteiger partial charge is 0.379 e. The minimum Gasteiger partial charge on any atom is -0.379 e. The lowest BCUT2D eigenvalue weighted by molar-refractivity contribution is -0.141. The van der Waals surface area contributed by atoms with Crippen LogP contribution < -0.4 is 5.73 Å². The van der Waals surface area contributed by atoms with E-state index in [0.29, 0.717) is 19.7 Å². The number of nitrogens with two attached hydrogens (primary N) is 1. The maximum atomic E-state index is 12.4. The summed E-state index contributed by atoms with van der Waals surface area (Å²) in [5.41, 5.74) is 5.41. The fourth-order valence-electron chi connectivity index (χ4n) is 2.17. The van der Waals surface area contributed by atoms with Gasteiger partial charge in [0.25, 0.3) is 0 Å². The van der Waals surface area contributed by atoms with Gasteiger partial charge in [-0.15, -0.1) is 12.4 Å². The van der Waals surface area contributed by atoms with Gasteiger partial charge in [-0.05, 0) is 31.6 Å². The van der Waals surface area contributed by atoms with Crippen molar-refractivity contribution in [1.82, 2.24) is 4.90 Å². The molecule has 0 heterocycles. The summed E-state index contributed by atoms with van der Waals surface area (Å²) < 4.78 is 5.57. The third-order valence-electron chi connectivity index (χ3n) is 4.17. The summed E-state index contributed by atoms with van der Waals surface area (Å²) in [5.74, 6) is 0.936. The number of ether oxygens (including phenoxy) is 1. The first kappa shape index (κ1) is 18.7. The first-order valence-corrected chi connectivity index (χ1v) is 7.13. The van der Waals surface area contributed by atoms with Crippen LogP contribution in [0.5, 0.6) is 0 Å². The highest BCUT2D eigenvalue weighted by atomic mass is 35.5. The van der Waals surface area contributed by atoms with Crippen LogP contribution in [0.3, 0.4) is 0 Å². The van der Waals surface area contributed by atoms with Gasteiger partial charge in [-0.25, -0.2) is 0 Å². The first-order chi connectivity index (χ1) is 8.59.